The molecule has 0 atom stereocenters. The topological polar surface area (TPSA) is 81.8 Å². The third-order valence-electron chi connectivity index (χ3n) is 1.99. The fraction of sp³-hybridized carbons (Fsp3) is 0.300. The molecule has 0 fully saturated rings. The van der Waals surface area contributed by atoms with E-state index in [9.17, 15) is 9.70 Å². The van der Waals surface area contributed by atoms with Gasteiger partial charge in [0.1, 0.15) is 0 Å². The SMILES string of the molecule is CCCc1ccc(N)cc1C(=O)ON=O. The summed E-state index contributed by atoms with van der Waals surface area (Å²) < 4.78 is 0. The third-order valence-corrected chi connectivity index (χ3v) is 1.99. The Labute approximate surface area is 87.2 Å². The Balaban J connectivity index is 3.05. The van der Waals surface area contributed by atoms with Gasteiger partial charge in [0.2, 0.25) is 0 Å². The Morgan fingerprint density at radius 1 is 1.53 bits per heavy atom. The van der Waals surface area contributed by atoms with E-state index in [1.54, 1.807) is 12.1 Å². The predicted octanol–water partition coefficient (Wildman–Crippen LogP) is 2.06. The van der Waals surface area contributed by atoms with Crippen molar-refractivity contribution < 1.29 is 9.63 Å². The van der Waals surface area contributed by atoms with Gasteiger partial charge in [-0.3, -0.25) is 4.84 Å². The Morgan fingerprint density at radius 3 is 2.87 bits per heavy atom. The first-order valence-electron chi connectivity index (χ1n) is 4.61. The first kappa shape index (κ1) is 11.2. The summed E-state index contributed by atoms with van der Waals surface area (Å²) in [6.07, 6.45) is 1.61. The van der Waals surface area contributed by atoms with Crippen LogP contribution in [0.2, 0.25) is 0 Å². The van der Waals surface area contributed by atoms with Crippen molar-refractivity contribution in [2.75, 3.05) is 5.73 Å². The molecule has 0 bridgehead atoms. The molecule has 0 aliphatic heterocycles. The van der Waals surface area contributed by atoms with Crippen LogP contribution in [-0.2, 0) is 11.3 Å². The van der Waals surface area contributed by atoms with Gasteiger partial charge in [0.05, 0.1) is 5.56 Å². The van der Waals surface area contributed by atoms with Gasteiger partial charge in [0, 0.05) is 5.69 Å². The second-order valence-corrected chi connectivity index (χ2v) is 3.12. The highest BCUT2D eigenvalue weighted by Crippen LogP contribution is 2.16. The van der Waals surface area contributed by atoms with Crippen LogP contribution < -0.4 is 5.73 Å². The average Bonchev–Trinajstić information content (AvgIpc) is 2.21. The van der Waals surface area contributed by atoms with E-state index in [-0.39, 0.29) is 0 Å². The van der Waals surface area contributed by atoms with Crippen molar-refractivity contribution >= 4 is 11.7 Å². The summed E-state index contributed by atoms with van der Waals surface area (Å²) in [4.78, 5) is 25.2. The normalized spacial score (nSPS) is 9.67. The molecule has 0 spiro atoms. The smallest absolute Gasteiger partial charge is 0.369 e. The zero-order valence-corrected chi connectivity index (χ0v) is 8.40. The maximum absolute atomic E-state index is 11.3. The van der Waals surface area contributed by atoms with Gasteiger partial charge in [-0.25, -0.2) is 4.79 Å². The fourth-order valence-electron chi connectivity index (χ4n) is 1.35. The van der Waals surface area contributed by atoms with E-state index in [1.165, 1.54) is 6.07 Å². The average molecular weight is 208 g/mol. The van der Waals surface area contributed by atoms with Crippen LogP contribution in [0.3, 0.4) is 0 Å². The molecular weight excluding hydrogens is 196 g/mol. The number of nitrogen functional groups attached to an aromatic ring is 1. The van der Waals surface area contributed by atoms with E-state index in [0.29, 0.717) is 11.3 Å². The van der Waals surface area contributed by atoms with E-state index in [1.807, 2.05) is 6.92 Å². The minimum absolute atomic E-state index is 0.302. The zero-order chi connectivity index (χ0) is 11.3. The van der Waals surface area contributed by atoms with Crippen LogP contribution in [0.1, 0.15) is 29.3 Å². The van der Waals surface area contributed by atoms with Crippen molar-refractivity contribution in [1.29, 1.82) is 0 Å². The van der Waals surface area contributed by atoms with Crippen LogP contribution in [0.15, 0.2) is 23.5 Å². The van der Waals surface area contributed by atoms with Crippen LogP contribution in [0, 0.1) is 4.91 Å². The monoisotopic (exact) mass is 208 g/mol. The van der Waals surface area contributed by atoms with Gasteiger partial charge in [0.15, 0.2) is 5.34 Å². The molecule has 1 aromatic carbocycles. The quantitative estimate of drug-likeness (QED) is 0.466. The molecule has 5 heteroatoms. The lowest BCUT2D eigenvalue weighted by Gasteiger charge is -2.05. The van der Waals surface area contributed by atoms with Gasteiger partial charge >= 0.3 is 5.97 Å². The number of benzene rings is 1. The summed E-state index contributed by atoms with van der Waals surface area (Å²) in [6, 6.07) is 4.94. The van der Waals surface area contributed by atoms with Crippen LogP contribution in [0.5, 0.6) is 0 Å². The van der Waals surface area contributed by atoms with Gasteiger partial charge in [-0.15, -0.1) is 4.91 Å². The highest BCUT2D eigenvalue weighted by Gasteiger charge is 2.13. The molecule has 0 unspecified atom stereocenters. The van der Waals surface area contributed by atoms with Gasteiger partial charge < -0.3 is 5.73 Å². The molecule has 1 rings (SSSR count). The number of hydrogen-bond acceptors (Lipinski definition) is 5. The van der Waals surface area contributed by atoms with Crippen molar-refractivity contribution in [3.63, 3.8) is 0 Å². The summed E-state index contributed by atoms with van der Waals surface area (Å²) in [5, 5.41) is 2.10. The predicted molar refractivity (Wildman–Crippen MR) is 56.1 cm³/mol. The third kappa shape index (κ3) is 2.77. The lowest BCUT2D eigenvalue weighted by Crippen LogP contribution is -2.06. The first-order valence-corrected chi connectivity index (χ1v) is 4.61. The van der Waals surface area contributed by atoms with Crippen LogP contribution >= 0.6 is 0 Å². The Bertz CT molecular complexity index is 377. The molecule has 0 saturated heterocycles. The summed E-state index contributed by atoms with van der Waals surface area (Å²) in [5.41, 5.74) is 7.10. The lowest BCUT2D eigenvalue weighted by atomic mass is 10.0. The molecule has 1 aromatic rings. The maximum Gasteiger partial charge on any atom is 0.369 e. The molecule has 5 nitrogen and oxygen atoms in total. The zero-order valence-electron chi connectivity index (χ0n) is 8.40. The van der Waals surface area contributed by atoms with E-state index in [2.05, 4.69) is 10.2 Å². The molecule has 15 heavy (non-hydrogen) atoms. The van der Waals surface area contributed by atoms with Crippen molar-refractivity contribution in [2.45, 2.75) is 19.8 Å². The van der Waals surface area contributed by atoms with Crippen molar-refractivity contribution in [3.05, 3.63) is 34.2 Å². The molecule has 80 valence electrons. The van der Waals surface area contributed by atoms with Crippen molar-refractivity contribution in [1.82, 2.24) is 0 Å². The molecule has 0 aliphatic carbocycles. The molecule has 0 aromatic heterocycles. The van der Waals surface area contributed by atoms with E-state index < -0.39 is 5.97 Å². The number of anilines is 1. The maximum atomic E-state index is 11.3. The summed E-state index contributed by atoms with van der Waals surface area (Å²) >= 11 is 0. The number of nitrogens with two attached hydrogens (primary N) is 1. The van der Waals surface area contributed by atoms with Crippen molar-refractivity contribution in [3.8, 4) is 0 Å². The fourth-order valence-corrected chi connectivity index (χ4v) is 1.35. The van der Waals surface area contributed by atoms with Crippen molar-refractivity contribution in [2.24, 2.45) is 5.34 Å². The molecule has 0 radical (unpaired) electrons. The number of carbonyl (C=O) groups is 1. The molecule has 0 heterocycles. The van der Waals surface area contributed by atoms with Gasteiger partial charge in [-0.1, -0.05) is 19.4 Å². The first-order chi connectivity index (χ1) is 7.19. The molecule has 0 saturated carbocycles. The highest BCUT2D eigenvalue weighted by molar-refractivity contribution is 5.92. The van der Waals surface area contributed by atoms with Gasteiger partial charge in [0.25, 0.3) is 0 Å². The Hall–Kier alpha value is -1.91. The summed E-state index contributed by atoms with van der Waals surface area (Å²) in [5.74, 6) is -0.763. The number of aryl methyl sites for hydroxylation is 1. The van der Waals surface area contributed by atoms with Crippen LogP contribution in [0.25, 0.3) is 0 Å². The largest absolute Gasteiger partial charge is 0.399 e. The second-order valence-electron chi connectivity index (χ2n) is 3.12. The number of hydrogen-bond donors (Lipinski definition) is 1. The van der Waals surface area contributed by atoms with Gasteiger partial charge in [-0.2, -0.15) is 0 Å². The number of carbonyl (C=O) groups excluding carboxylic acids is 1. The van der Waals surface area contributed by atoms with Gasteiger partial charge in [-0.05, 0) is 24.1 Å². The van der Waals surface area contributed by atoms with Crippen LogP contribution in [-0.4, -0.2) is 5.97 Å². The Kier molecular flexibility index (Phi) is 3.79. The molecule has 2 N–H and O–H groups in total. The molecule has 0 aliphatic rings. The number of rotatable bonds is 4. The summed E-state index contributed by atoms with van der Waals surface area (Å²) in [7, 11) is 0. The van der Waals surface area contributed by atoms with E-state index in [0.717, 1.165) is 18.4 Å². The lowest BCUT2D eigenvalue weighted by molar-refractivity contribution is 0.0507. The minimum atomic E-state index is -0.763. The Morgan fingerprint density at radius 2 is 2.27 bits per heavy atom. The van der Waals surface area contributed by atoms with Crippen LogP contribution in [0.4, 0.5) is 5.69 Å². The highest BCUT2D eigenvalue weighted by atomic mass is 16.7. The van der Waals surface area contributed by atoms with E-state index in [4.69, 9.17) is 5.73 Å². The molecule has 0 amide bonds. The standard InChI is InChI=1S/C10H12N2O3/c1-2-3-7-4-5-8(11)6-9(7)10(13)15-12-14/h4-6H,2-3,11H2,1H3. The number of nitrogens with zero attached hydrogens (tertiary/aromatic N) is 1. The minimum Gasteiger partial charge on any atom is -0.399 e. The summed E-state index contributed by atoms with van der Waals surface area (Å²) in [6.45, 7) is 1.99. The van der Waals surface area contributed by atoms with E-state index >= 15 is 0 Å². The molecular formula is C10H12N2O3. The second kappa shape index (κ2) is 5.09.